The van der Waals surface area contributed by atoms with Gasteiger partial charge in [-0.1, -0.05) is 0 Å². The number of Topliss-reactive ketones (excluding diaryl/α,β-unsaturated/α-hetero) is 1. The third-order valence-electron chi connectivity index (χ3n) is 3.08. The lowest BCUT2D eigenvalue weighted by molar-refractivity contribution is 0.103. The largest absolute Gasteiger partial charge is 0.497 e. The number of ketones is 1. The molecule has 0 saturated heterocycles. The van der Waals surface area contributed by atoms with E-state index in [0.29, 0.717) is 11.8 Å². The summed E-state index contributed by atoms with van der Waals surface area (Å²) in [4.78, 5) is 12.4. The van der Waals surface area contributed by atoms with Crippen molar-refractivity contribution in [3.63, 3.8) is 0 Å². The number of carbonyl (C=O) groups is 1. The number of sulfone groups is 1. The molecule has 1 rings (SSSR count). The molecule has 1 aromatic rings. The second-order valence-electron chi connectivity index (χ2n) is 4.88. The first kappa shape index (κ1) is 20.0. The highest BCUT2D eigenvalue weighted by Gasteiger charge is 2.26. The summed E-state index contributed by atoms with van der Waals surface area (Å²) in [7, 11) is -2.10. The fourth-order valence-corrected chi connectivity index (χ4v) is 3.38. The average molecular weight is 372 g/mol. The Kier molecular flexibility index (Phi) is 6.81. The fraction of sp³-hybridized carbons (Fsp3) is 0.333. The van der Waals surface area contributed by atoms with Crippen LogP contribution in [0.25, 0.3) is 0 Å². The van der Waals surface area contributed by atoms with E-state index in [1.54, 1.807) is 6.07 Å². The highest BCUT2D eigenvalue weighted by atomic mass is 32.3. The van der Waals surface area contributed by atoms with Crippen LogP contribution in [0.3, 0.4) is 0 Å². The number of ether oxygens (including phenoxy) is 1. The number of rotatable bonds is 7. The Balaban J connectivity index is 3.33. The third kappa shape index (κ3) is 4.97. The predicted octanol–water partition coefficient (Wildman–Crippen LogP) is 2.22. The Hall–Kier alpha value is -2.05. The van der Waals surface area contributed by atoms with E-state index in [2.05, 4.69) is 0 Å². The van der Waals surface area contributed by atoms with E-state index in [1.807, 2.05) is 0 Å². The number of nitrogens with two attached hydrogens (primary N) is 1. The highest BCUT2D eigenvalue weighted by molar-refractivity contribution is 8.16. The van der Waals surface area contributed by atoms with Gasteiger partial charge in [-0.2, -0.15) is 5.26 Å². The van der Waals surface area contributed by atoms with Crippen LogP contribution in [0, 0.1) is 17.1 Å². The van der Waals surface area contributed by atoms with Gasteiger partial charge in [-0.25, -0.2) is 12.8 Å². The molecule has 0 heterocycles. The lowest BCUT2D eigenvalue weighted by Gasteiger charge is -2.14. The van der Waals surface area contributed by atoms with Gasteiger partial charge in [0.2, 0.25) is 5.78 Å². The van der Waals surface area contributed by atoms with Gasteiger partial charge in [-0.05, 0) is 19.1 Å². The van der Waals surface area contributed by atoms with E-state index in [-0.39, 0.29) is 28.3 Å². The van der Waals surface area contributed by atoms with Crippen molar-refractivity contribution in [2.45, 2.75) is 17.9 Å². The molecule has 2 N–H and O–H groups in total. The van der Waals surface area contributed by atoms with Crippen molar-refractivity contribution in [1.29, 1.82) is 5.26 Å². The second kappa shape index (κ2) is 8.17. The van der Waals surface area contributed by atoms with Gasteiger partial charge in [0.15, 0.2) is 9.84 Å². The minimum absolute atomic E-state index is 0.0989. The number of allylic oxidation sites excluding steroid dienone is 2. The normalized spacial score (nSPS) is 13.6. The van der Waals surface area contributed by atoms with Crippen LogP contribution in [0.15, 0.2) is 28.8 Å². The van der Waals surface area contributed by atoms with E-state index in [4.69, 9.17) is 15.7 Å². The van der Waals surface area contributed by atoms with Gasteiger partial charge in [0, 0.05) is 18.0 Å². The van der Waals surface area contributed by atoms with Crippen LogP contribution in [-0.2, 0) is 9.84 Å². The summed E-state index contributed by atoms with van der Waals surface area (Å²) in [5.41, 5.74) is 5.36. The number of thioether (sulfide) groups is 1. The molecule has 130 valence electrons. The molecule has 6 nitrogen and oxygen atoms in total. The lowest BCUT2D eigenvalue weighted by Crippen LogP contribution is -2.17. The Bertz CT molecular complexity index is 813. The van der Waals surface area contributed by atoms with E-state index >= 15 is 0 Å². The molecule has 1 aromatic carbocycles. The standard InChI is InChI=1S/C15H17FN2O4S2/c1-9(24(3,20)21)23-15(13(18)6-7-17)14(19)11-5-4-10(22-2)8-12(11)16/h4-5,8-9H,6,18H2,1-3H3/b15-13+. The Labute approximate surface area is 144 Å². The molecule has 24 heavy (non-hydrogen) atoms. The predicted molar refractivity (Wildman–Crippen MR) is 90.6 cm³/mol. The number of hydrogen-bond acceptors (Lipinski definition) is 7. The van der Waals surface area contributed by atoms with Crippen molar-refractivity contribution >= 4 is 27.4 Å². The summed E-state index contributed by atoms with van der Waals surface area (Å²) in [5, 5.41) is 8.76. The molecule has 0 aliphatic heterocycles. The van der Waals surface area contributed by atoms with Crippen LogP contribution < -0.4 is 10.5 Å². The quantitative estimate of drug-likeness (QED) is 0.577. The number of carbonyl (C=O) groups excluding carboxylic acids is 1. The third-order valence-corrected chi connectivity index (χ3v) is 6.63. The van der Waals surface area contributed by atoms with Crippen LogP contribution >= 0.6 is 11.8 Å². The fourth-order valence-electron chi connectivity index (χ4n) is 1.62. The zero-order chi connectivity index (χ0) is 18.5. The Morgan fingerprint density at radius 3 is 2.58 bits per heavy atom. The lowest BCUT2D eigenvalue weighted by atomic mass is 10.1. The first-order chi connectivity index (χ1) is 11.1. The van der Waals surface area contributed by atoms with Gasteiger partial charge in [0.25, 0.3) is 0 Å². The summed E-state index contributed by atoms with van der Waals surface area (Å²) in [6.07, 6.45) is 0.740. The van der Waals surface area contributed by atoms with Crippen LogP contribution in [0.5, 0.6) is 5.75 Å². The maximum absolute atomic E-state index is 14.1. The minimum atomic E-state index is -3.46. The molecule has 0 amide bonds. The highest BCUT2D eigenvalue weighted by Crippen LogP contribution is 2.31. The van der Waals surface area contributed by atoms with Crippen molar-refractivity contribution in [2.24, 2.45) is 5.73 Å². The molecule has 0 aliphatic rings. The molecule has 0 aromatic heterocycles. The number of nitrogens with zero attached hydrogens (tertiary/aromatic N) is 1. The number of nitriles is 1. The summed E-state index contributed by atoms with van der Waals surface area (Å²) in [6.45, 7) is 1.39. The van der Waals surface area contributed by atoms with Crippen LogP contribution in [-0.4, -0.2) is 32.1 Å². The van der Waals surface area contributed by atoms with Gasteiger partial charge >= 0.3 is 0 Å². The monoisotopic (exact) mass is 372 g/mol. The number of methoxy groups -OCH3 is 1. The molecule has 0 radical (unpaired) electrons. The molecule has 0 aliphatic carbocycles. The summed E-state index contributed by atoms with van der Waals surface area (Å²) >= 11 is 0.689. The van der Waals surface area contributed by atoms with Gasteiger partial charge in [-0.3, -0.25) is 4.79 Å². The van der Waals surface area contributed by atoms with E-state index < -0.39 is 26.0 Å². The van der Waals surface area contributed by atoms with Crippen LogP contribution in [0.1, 0.15) is 23.7 Å². The molecule has 0 bridgehead atoms. The number of halogens is 1. The van der Waals surface area contributed by atoms with E-state index in [0.717, 1.165) is 12.3 Å². The van der Waals surface area contributed by atoms with Crippen LogP contribution in [0.2, 0.25) is 0 Å². The molecular weight excluding hydrogens is 355 g/mol. The van der Waals surface area contributed by atoms with Crippen molar-refractivity contribution in [3.05, 3.63) is 40.2 Å². The molecule has 0 spiro atoms. The molecule has 0 fully saturated rings. The van der Waals surface area contributed by atoms with E-state index in [1.165, 1.54) is 26.2 Å². The molecule has 0 saturated carbocycles. The molecular formula is C15H17FN2O4S2. The topological polar surface area (TPSA) is 110 Å². The Morgan fingerprint density at radius 1 is 1.50 bits per heavy atom. The van der Waals surface area contributed by atoms with Crippen molar-refractivity contribution in [3.8, 4) is 11.8 Å². The molecule has 1 unspecified atom stereocenters. The first-order valence-corrected chi connectivity index (χ1v) is 9.54. The maximum atomic E-state index is 14.1. The van der Waals surface area contributed by atoms with Gasteiger partial charge in [-0.15, -0.1) is 11.8 Å². The van der Waals surface area contributed by atoms with Crippen molar-refractivity contribution < 1.29 is 22.3 Å². The maximum Gasteiger partial charge on any atom is 0.204 e. The smallest absolute Gasteiger partial charge is 0.204 e. The van der Waals surface area contributed by atoms with Crippen molar-refractivity contribution in [1.82, 2.24) is 0 Å². The SMILES string of the molecule is COc1ccc(C(=O)/C(SC(C)S(C)(=O)=O)=C(\N)CC#N)c(F)c1. The van der Waals surface area contributed by atoms with Gasteiger partial charge in [0.05, 0.1) is 30.1 Å². The number of hydrogen-bond donors (Lipinski definition) is 1. The van der Waals surface area contributed by atoms with Gasteiger partial charge in [0.1, 0.15) is 16.1 Å². The minimum Gasteiger partial charge on any atom is -0.497 e. The summed E-state index contributed by atoms with van der Waals surface area (Å²) < 4.78 is 41.2. The zero-order valence-electron chi connectivity index (χ0n) is 13.4. The molecule has 9 heteroatoms. The van der Waals surface area contributed by atoms with E-state index in [9.17, 15) is 17.6 Å². The Morgan fingerprint density at radius 2 is 2.12 bits per heavy atom. The summed E-state index contributed by atoms with van der Waals surface area (Å²) in [6, 6.07) is 5.45. The van der Waals surface area contributed by atoms with Gasteiger partial charge < -0.3 is 10.5 Å². The number of benzene rings is 1. The summed E-state index contributed by atoms with van der Waals surface area (Å²) in [5.74, 6) is -1.37. The molecule has 1 atom stereocenters. The average Bonchev–Trinajstić information content (AvgIpc) is 2.50. The van der Waals surface area contributed by atoms with Crippen molar-refractivity contribution in [2.75, 3.05) is 13.4 Å². The second-order valence-corrected chi connectivity index (χ2v) is 8.89. The van der Waals surface area contributed by atoms with Crippen LogP contribution in [0.4, 0.5) is 4.39 Å². The zero-order valence-corrected chi connectivity index (χ0v) is 15.0. The first-order valence-electron chi connectivity index (χ1n) is 6.71.